The molecule has 1 aliphatic heterocycles. The fraction of sp³-hybridized carbons (Fsp3) is 0.304. The van der Waals surface area contributed by atoms with Crippen LogP contribution in [-0.4, -0.2) is 28.7 Å². The Kier molecular flexibility index (Phi) is 5.25. The van der Waals surface area contributed by atoms with Crippen LogP contribution in [0.25, 0.3) is 11.0 Å². The fourth-order valence-corrected chi connectivity index (χ4v) is 3.72. The van der Waals surface area contributed by atoms with Crippen molar-refractivity contribution < 1.29 is 14.3 Å². The number of fused-ring (bicyclic) bond motifs is 3. The van der Waals surface area contributed by atoms with E-state index in [0.717, 1.165) is 34.5 Å². The lowest BCUT2D eigenvalue weighted by Gasteiger charge is -2.30. The van der Waals surface area contributed by atoms with Gasteiger partial charge in [-0.2, -0.15) is 0 Å². The highest BCUT2D eigenvalue weighted by molar-refractivity contribution is 5.94. The molecule has 6 heteroatoms. The minimum Gasteiger partial charge on any atom is -0.494 e. The van der Waals surface area contributed by atoms with Crippen molar-refractivity contribution in [2.24, 2.45) is 0 Å². The Balaban J connectivity index is 1.85. The number of anilines is 1. The second kappa shape index (κ2) is 7.99. The highest BCUT2D eigenvalue weighted by atomic mass is 16.5. The van der Waals surface area contributed by atoms with E-state index in [1.165, 1.54) is 0 Å². The van der Waals surface area contributed by atoms with Crippen molar-refractivity contribution in [3.63, 3.8) is 0 Å². The zero-order valence-corrected chi connectivity index (χ0v) is 16.9. The first-order chi connectivity index (χ1) is 14.1. The van der Waals surface area contributed by atoms with E-state index in [1.807, 2.05) is 62.4 Å². The van der Waals surface area contributed by atoms with E-state index in [-0.39, 0.29) is 12.0 Å². The zero-order chi connectivity index (χ0) is 20.4. The number of hydrogen-bond donors (Lipinski definition) is 1. The molecule has 0 fully saturated rings. The van der Waals surface area contributed by atoms with Gasteiger partial charge in [0.25, 0.3) is 0 Å². The van der Waals surface area contributed by atoms with Crippen LogP contribution < -0.4 is 10.1 Å². The van der Waals surface area contributed by atoms with E-state index in [1.54, 1.807) is 0 Å². The maximum Gasteiger partial charge on any atom is 0.338 e. The van der Waals surface area contributed by atoms with Crippen LogP contribution in [0.4, 0.5) is 5.95 Å². The number of aromatic nitrogens is 2. The standard InChI is InChI=1S/C23H25N3O3/c1-4-14-29-17-12-10-16(11-13-17)21-20(22(27)28-5-2)15(3)24-23-25-18-8-6-7-9-19(18)26(21)23/h6-13,21H,4-5,14H2,1-3H3,(H,24,25)/t21-/m1/s1. The summed E-state index contributed by atoms with van der Waals surface area (Å²) in [6.45, 7) is 6.78. The Morgan fingerprint density at radius 1 is 1.14 bits per heavy atom. The fourth-order valence-electron chi connectivity index (χ4n) is 3.72. The molecule has 1 aromatic heterocycles. The van der Waals surface area contributed by atoms with Crippen molar-refractivity contribution in [2.45, 2.75) is 33.2 Å². The van der Waals surface area contributed by atoms with E-state index >= 15 is 0 Å². The molecule has 0 amide bonds. The molecule has 0 unspecified atom stereocenters. The van der Waals surface area contributed by atoms with Crippen molar-refractivity contribution in [1.29, 1.82) is 0 Å². The van der Waals surface area contributed by atoms with Gasteiger partial charge < -0.3 is 14.8 Å². The third kappa shape index (κ3) is 3.46. The number of esters is 1. The van der Waals surface area contributed by atoms with Crippen LogP contribution in [0.3, 0.4) is 0 Å². The van der Waals surface area contributed by atoms with E-state index in [4.69, 9.17) is 14.5 Å². The number of para-hydroxylation sites is 2. The molecule has 2 heterocycles. The summed E-state index contributed by atoms with van der Waals surface area (Å²) in [7, 11) is 0. The van der Waals surface area contributed by atoms with Crippen molar-refractivity contribution >= 4 is 23.0 Å². The number of imidazole rings is 1. The lowest BCUT2D eigenvalue weighted by molar-refractivity contribution is -0.139. The summed E-state index contributed by atoms with van der Waals surface area (Å²) in [6.07, 6.45) is 0.954. The van der Waals surface area contributed by atoms with Gasteiger partial charge in [-0.15, -0.1) is 0 Å². The van der Waals surface area contributed by atoms with Crippen LogP contribution >= 0.6 is 0 Å². The number of benzene rings is 2. The SMILES string of the molecule is CCCOc1ccc([C@@H]2C(C(=O)OCC)=C(C)Nc3nc4ccccc4n32)cc1. The molecule has 1 aliphatic rings. The average Bonchev–Trinajstić information content (AvgIpc) is 3.09. The molecular formula is C23H25N3O3. The van der Waals surface area contributed by atoms with E-state index < -0.39 is 0 Å². The third-order valence-electron chi connectivity index (χ3n) is 4.99. The first kappa shape index (κ1) is 19.1. The van der Waals surface area contributed by atoms with Gasteiger partial charge in [0.15, 0.2) is 0 Å². The lowest BCUT2D eigenvalue weighted by atomic mass is 9.95. The van der Waals surface area contributed by atoms with Crippen molar-refractivity contribution in [1.82, 2.24) is 9.55 Å². The molecule has 6 nitrogen and oxygen atoms in total. The van der Waals surface area contributed by atoms with Gasteiger partial charge >= 0.3 is 5.97 Å². The highest BCUT2D eigenvalue weighted by Gasteiger charge is 2.34. The monoisotopic (exact) mass is 391 g/mol. The van der Waals surface area contributed by atoms with E-state index in [2.05, 4.69) is 16.8 Å². The van der Waals surface area contributed by atoms with Gasteiger partial charge in [-0.25, -0.2) is 9.78 Å². The second-order valence-corrected chi connectivity index (χ2v) is 7.00. The number of carbonyl (C=O) groups is 1. The summed E-state index contributed by atoms with van der Waals surface area (Å²) in [5, 5.41) is 3.28. The lowest BCUT2D eigenvalue weighted by Crippen LogP contribution is -2.29. The third-order valence-corrected chi connectivity index (χ3v) is 4.99. The van der Waals surface area contributed by atoms with Crippen LogP contribution in [0.2, 0.25) is 0 Å². The summed E-state index contributed by atoms with van der Waals surface area (Å²) < 4.78 is 13.2. The Morgan fingerprint density at radius 3 is 2.62 bits per heavy atom. The van der Waals surface area contributed by atoms with Crippen LogP contribution in [0.15, 0.2) is 59.8 Å². The maximum absolute atomic E-state index is 12.9. The number of nitrogens with one attached hydrogen (secondary N) is 1. The number of ether oxygens (including phenoxy) is 2. The Bertz CT molecular complexity index is 1070. The zero-order valence-electron chi connectivity index (χ0n) is 16.9. The van der Waals surface area contributed by atoms with Gasteiger partial charge in [0.05, 0.1) is 35.9 Å². The highest BCUT2D eigenvalue weighted by Crippen LogP contribution is 2.39. The molecule has 0 bridgehead atoms. The summed E-state index contributed by atoms with van der Waals surface area (Å²) in [5.74, 6) is 1.21. The van der Waals surface area contributed by atoms with Crippen molar-refractivity contribution in [2.75, 3.05) is 18.5 Å². The van der Waals surface area contributed by atoms with Crippen LogP contribution in [0.5, 0.6) is 5.75 Å². The predicted octanol–water partition coefficient (Wildman–Crippen LogP) is 4.68. The number of rotatable bonds is 6. The molecule has 2 aromatic carbocycles. The Morgan fingerprint density at radius 2 is 1.90 bits per heavy atom. The van der Waals surface area contributed by atoms with Crippen LogP contribution in [0, 0.1) is 0 Å². The first-order valence-electron chi connectivity index (χ1n) is 9.98. The molecule has 0 radical (unpaired) electrons. The van der Waals surface area contributed by atoms with Gasteiger partial charge in [-0.05, 0) is 50.1 Å². The van der Waals surface area contributed by atoms with E-state index in [9.17, 15) is 4.79 Å². The van der Waals surface area contributed by atoms with Gasteiger partial charge in [0, 0.05) is 5.70 Å². The molecule has 1 atom stereocenters. The van der Waals surface area contributed by atoms with Crippen LogP contribution in [0.1, 0.15) is 38.8 Å². The minimum atomic E-state index is -0.335. The molecule has 0 saturated carbocycles. The quantitative estimate of drug-likeness (QED) is 0.618. The van der Waals surface area contributed by atoms with Gasteiger partial charge in [-0.3, -0.25) is 4.57 Å². The van der Waals surface area contributed by atoms with Gasteiger partial charge in [0.1, 0.15) is 5.75 Å². The van der Waals surface area contributed by atoms with Crippen LogP contribution in [-0.2, 0) is 9.53 Å². The van der Waals surface area contributed by atoms with E-state index in [0.29, 0.717) is 24.7 Å². The van der Waals surface area contributed by atoms with Crippen molar-refractivity contribution in [3.05, 3.63) is 65.4 Å². The summed E-state index contributed by atoms with van der Waals surface area (Å²) in [4.78, 5) is 17.6. The number of hydrogen-bond acceptors (Lipinski definition) is 5. The molecule has 4 rings (SSSR count). The van der Waals surface area contributed by atoms with Crippen molar-refractivity contribution in [3.8, 4) is 5.75 Å². The molecule has 0 aliphatic carbocycles. The Hall–Kier alpha value is -3.28. The molecule has 1 N–H and O–H groups in total. The molecule has 0 saturated heterocycles. The first-order valence-corrected chi connectivity index (χ1v) is 9.98. The number of carbonyl (C=O) groups excluding carboxylic acids is 1. The predicted molar refractivity (Wildman–Crippen MR) is 113 cm³/mol. The molecular weight excluding hydrogens is 366 g/mol. The largest absolute Gasteiger partial charge is 0.494 e. The maximum atomic E-state index is 12.9. The second-order valence-electron chi connectivity index (χ2n) is 7.00. The summed E-state index contributed by atoms with van der Waals surface area (Å²) in [5.41, 5.74) is 4.15. The summed E-state index contributed by atoms with van der Waals surface area (Å²) in [6, 6.07) is 15.5. The summed E-state index contributed by atoms with van der Waals surface area (Å²) >= 11 is 0. The Labute approximate surface area is 170 Å². The molecule has 0 spiro atoms. The average molecular weight is 391 g/mol. The smallest absolute Gasteiger partial charge is 0.338 e. The topological polar surface area (TPSA) is 65.4 Å². The normalized spacial score (nSPS) is 15.8. The molecule has 150 valence electrons. The molecule has 3 aromatic rings. The molecule has 29 heavy (non-hydrogen) atoms. The van der Waals surface area contributed by atoms with Gasteiger partial charge in [0.2, 0.25) is 5.95 Å². The number of nitrogens with zero attached hydrogens (tertiary/aromatic N) is 2. The minimum absolute atomic E-state index is 0.322. The van der Waals surface area contributed by atoms with Gasteiger partial charge in [-0.1, -0.05) is 31.2 Å². The number of allylic oxidation sites excluding steroid dienone is 1.